The summed E-state index contributed by atoms with van der Waals surface area (Å²) in [6.07, 6.45) is 0.203. The maximum Gasteiger partial charge on any atom is 0.332 e. The molecule has 2 atom stereocenters. The van der Waals surface area contributed by atoms with Gasteiger partial charge >= 0.3 is 6.03 Å². The first-order valence-corrected chi connectivity index (χ1v) is 13.7. The van der Waals surface area contributed by atoms with Crippen LogP contribution in [0, 0.1) is 0 Å². The molecule has 1 aromatic heterocycles. The van der Waals surface area contributed by atoms with E-state index < -0.39 is 6.17 Å². The Bertz CT molecular complexity index is 1500. The van der Waals surface area contributed by atoms with E-state index in [1.807, 2.05) is 104 Å². The van der Waals surface area contributed by atoms with Gasteiger partial charge in [0.25, 0.3) is 0 Å². The summed E-state index contributed by atoms with van der Waals surface area (Å²) in [5, 5.41) is 7.13. The van der Waals surface area contributed by atoms with Crippen molar-refractivity contribution in [2.24, 2.45) is 0 Å². The van der Waals surface area contributed by atoms with E-state index in [-0.39, 0.29) is 37.6 Å². The smallest absolute Gasteiger partial charge is 0.332 e. The van der Waals surface area contributed by atoms with Crippen LogP contribution in [0.3, 0.4) is 0 Å². The Morgan fingerprint density at radius 2 is 1.68 bits per heavy atom. The van der Waals surface area contributed by atoms with Crippen LogP contribution in [0.5, 0.6) is 0 Å². The largest absolute Gasteiger partial charge is 0.336 e. The number of nitrogens with zero attached hydrogens (tertiary/aromatic N) is 5. The Morgan fingerprint density at radius 1 is 1.00 bits per heavy atom. The zero-order valence-corrected chi connectivity index (χ0v) is 23.3. The van der Waals surface area contributed by atoms with Gasteiger partial charge in [0.2, 0.25) is 12.3 Å². The van der Waals surface area contributed by atoms with Crippen molar-refractivity contribution in [3.8, 4) is 0 Å². The van der Waals surface area contributed by atoms with Gasteiger partial charge in [-0.05, 0) is 30.2 Å². The Kier molecular flexibility index (Phi) is 8.55. The second-order valence-corrected chi connectivity index (χ2v) is 10.2. The normalized spacial score (nSPS) is 16.0. The number of hydrazine groups is 1. The molecular formula is C32H34N6O3. The molecule has 3 aromatic carbocycles. The number of amides is 4. The number of hydrogen-bond donors (Lipinski definition) is 1. The zero-order valence-electron chi connectivity index (χ0n) is 23.3. The number of para-hydroxylation sites is 1. The van der Waals surface area contributed by atoms with Crippen LogP contribution in [0.2, 0.25) is 0 Å². The van der Waals surface area contributed by atoms with Crippen LogP contribution >= 0.6 is 0 Å². The molecule has 1 aliphatic rings. The molecule has 0 spiro atoms. The van der Waals surface area contributed by atoms with Gasteiger partial charge in [0, 0.05) is 19.0 Å². The van der Waals surface area contributed by atoms with Crippen LogP contribution in [0.25, 0.3) is 10.9 Å². The molecule has 0 aliphatic carbocycles. The number of carbonyl (C=O) groups excluding carboxylic acids is 3. The van der Waals surface area contributed by atoms with E-state index >= 15 is 0 Å². The number of hydrogen-bond acceptors (Lipinski definition) is 5. The summed E-state index contributed by atoms with van der Waals surface area (Å²) in [5.41, 5.74) is 3.53. The van der Waals surface area contributed by atoms with Crippen molar-refractivity contribution in [2.75, 3.05) is 20.1 Å². The second-order valence-electron chi connectivity index (χ2n) is 10.2. The topological polar surface area (TPSA) is 89.1 Å². The third kappa shape index (κ3) is 6.36. The minimum Gasteiger partial charge on any atom is -0.336 e. The van der Waals surface area contributed by atoms with Gasteiger partial charge in [-0.15, -0.1) is 0 Å². The number of rotatable bonds is 10. The van der Waals surface area contributed by atoms with Crippen molar-refractivity contribution in [3.63, 3.8) is 0 Å². The summed E-state index contributed by atoms with van der Waals surface area (Å²) in [5.74, 6) is -0.122. The molecule has 0 radical (unpaired) electrons. The Balaban J connectivity index is 1.38. The molecule has 1 saturated heterocycles. The summed E-state index contributed by atoms with van der Waals surface area (Å²) in [6.45, 7) is 2.80. The summed E-state index contributed by atoms with van der Waals surface area (Å²) < 4.78 is 0. The van der Waals surface area contributed by atoms with Crippen molar-refractivity contribution in [1.29, 1.82) is 0 Å². The highest BCUT2D eigenvalue weighted by molar-refractivity contribution is 5.82. The predicted octanol–water partition coefficient (Wildman–Crippen LogP) is 4.18. The maximum atomic E-state index is 13.5. The lowest BCUT2D eigenvalue weighted by molar-refractivity contribution is -0.132. The van der Waals surface area contributed by atoms with E-state index in [1.165, 1.54) is 5.01 Å². The van der Waals surface area contributed by atoms with Crippen molar-refractivity contribution in [2.45, 2.75) is 32.2 Å². The summed E-state index contributed by atoms with van der Waals surface area (Å²) in [6, 6.07) is 30.5. The number of aromatic nitrogens is 1. The van der Waals surface area contributed by atoms with Crippen molar-refractivity contribution < 1.29 is 14.4 Å². The lowest BCUT2D eigenvalue weighted by atomic mass is 10.1. The van der Waals surface area contributed by atoms with E-state index in [9.17, 15) is 14.4 Å². The molecule has 1 N–H and O–H groups in total. The molecule has 1 fully saturated rings. The van der Waals surface area contributed by atoms with Crippen molar-refractivity contribution in [1.82, 2.24) is 30.1 Å². The molecule has 1 aliphatic heterocycles. The molecular weight excluding hydrogens is 516 g/mol. The summed E-state index contributed by atoms with van der Waals surface area (Å²) >= 11 is 0. The first-order chi connectivity index (χ1) is 19.9. The molecule has 0 bridgehead atoms. The van der Waals surface area contributed by atoms with Crippen molar-refractivity contribution in [3.05, 3.63) is 114 Å². The fraction of sp³-hybridized carbons (Fsp3) is 0.250. The molecule has 2 heterocycles. The highest BCUT2D eigenvalue weighted by Crippen LogP contribution is 2.30. The minimum absolute atomic E-state index is 0.0119. The van der Waals surface area contributed by atoms with Crippen LogP contribution in [-0.4, -0.2) is 69.5 Å². The average Bonchev–Trinajstić information content (AvgIpc) is 3.34. The lowest BCUT2D eigenvalue weighted by Crippen LogP contribution is -2.56. The SMILES string of the molecule is C[C@H](c1ccccc1)N1C(=O)CN(N(C)C(=O)NCc2ccccc2)[C@H]1CN(C=O)Cc1ccc2ccccc2n1. The predicted molar refractivity (Wildman–Crippen MR) is 157 cm³/mol. The molecule has 41 heavy (non-hydrogen) atoms. The monoisotopic (exact) mass is 550 g/mol. The molecule has 4 aromatic rings. The third-order valence-corrected chi connectivity index (χ3v) is 7.48. The van der Waals surface area contributed by atoms with Gasteiger partial charge < -0.3 is 15.1 Å². The first kappa shape index (κ1) is 27.8. The summed E-state index contributed by atoms with van der Waals surface area (Å²) in [7, 11) is 1.65. The van der Waals surface area contributed by atoms with E-state index in [1.54, 1.807) is 21.9 Å². The number of urea groups is 1. The quantitative estimate of drug-likeness (QED) is 0.299. The van der Waals surface area contributed by atoms with Gasteiger partial charge in [-0.3, -0.25) is 19.6 Å². The van der Waals surface area contributed by atoms with Crippen LogP contribution in [0.4, 0.5) is 4.79 Å². The molecule has 0 unspecified atom stereocenters. The number of benzene rings is 3. The standard InChI is InChI=1S/C32H34N6O3/c1-24(26-13-7-4-8-14-26)38-30(21-36(23-39)20-28-18-17-27-15-9-10-16-29(27)34-28)37(22-31(38)40)35(2)32(41)33-19-25-11-5-3-6-12-25/h3-18,23-24,30H,19-22H2,1-2H3,(H,33,41)/t24-,30-/m1/s1. The van der Waals surface area contributed by atoms with Gasteiger partial charge in [-0.2, -0.15) is 5.01 Å². The molecule has 0 saturated carbocycles. The van der Waals surface area contributed by atoms with Crippen LogP contribution < -0.4 is 5.32 Å². The molecule has 210 valence electrons. The molecule has 9 nitrogen and oxygen atoms in total. The lowest BCUT2D eigenvalue weighted by Gasteiger charge is -2.39. The highest BCUT2D eigenvalue weighted by atomic mass is 16.2. The van der Waals surface area contributed by atoms with Gasteiger partial charge in [-0.25, -0.2) is 4.79 Å². The Labute approximate surface area is 239 Å². The van der Waals surface area contributed by atoms with Gasteiger partial charge in [0.15, 0.2) is 0 Å². The zero-order chi connectivity index (χ0) is 28.8. The van der Waals surface area contributed by atoms with E-state index in [4.69, 9.17) is 4.98 Å². The molecule has 9 heteroatoms. The fourth-order valence-corrected chi connectivity index (χ4v) is 5.25. The fourth-order valence-electron chi connectivity index (χ4n) is 5.25. The van der Waals surface area contributed by atoms with Gasteiger partial charge in [0.1, 0.15) is 6.17 Å². The summed E-state index contributed by atoms with van der Waals surface area (Å²) in [4.78, 5) is 47.2. The van der Waals surface area contributed by atoms with Crippen molar-refractivity contribution >= 4 is 29.3 Å². The molecule has 4 amide bonds. The molecule has 5 rings (SSSR count). The average molecular weight is 551 g/mol. The van der Waals surface area contributed by atoms with Crippen LogP contribution in [0.15, 0.2) is 97.1 Å². The van der Waals surface area contributed by atoms with E-state index in [0.717, 1.165) is 34.1 Å². The number of fused-ring (bicyclic) bond motifs is 1. The van der Waals surface area contributed by atoms with E-state index in [0.29, 0.717) is 6.54 Å². The maximum absolute atomic E-state index is 13.5. The second kappa shape index (κ2) is 12.6. The minimum atomic E-state index is -0.573. The third-order valence-electron chi connectivity index (χ3n) is 7.48. The number of nitrogens with one attached hydrogen (secondary N) is 1. The van der Waals surface area contributed by atoms with Crippen LogP contribution in [-0.2, 0) is 22.7 Å². The Hall–Kier alpha value is -4.76. The van der Waals surface area contributed by atoms with E-state index in [2.05, 4.69) is 5.32 Å². The van der Waals surface area contributed by atoms with Gasteiger partial charge in [-0.1, -0.05) is 84.9 Å². The number of pyridine rings is 1. The van der Waals surface area contributed by atoms with Crippen LogP contribution in [0.1, 0.15) is 29.8 Å². The Morgan fingerprint density at radius 3 is 2.41 bits per heavy atom. The first-order valence-electron chi connectivity index (χ1n) is 13.7. The van der Waals surface area contributed by atoms with Gasteiger partial charge in [0.05, 0.1) is 36.9 Å². The highest BCUT2D eigenvalue weighted by Gasteiger charge is 2.44. The number of carbonyl (C=O) groups is 3.